The van der Waals surface area contributed by atoms with Gasteiger partial charge in [0.1, 0.15) is 5.82 Å². The molecular weight excluding hydrogens is 226 g/mol. The van der Waals surface area contributed by atoms with Crippen LogP contribution in [0.1, 0.15) is 45.9 Å². The van der Waals surface area contributed by atoms with E-state index in [1.54, 1.807) is 0 Å². The zero-order valence-electron chi connectivity index (χ0n) is 11.8. The first kappa shape index (κ1) is 13.6. The predicted molar refractivity (Wildman–Crippen MR) is 72.4 cm³/mol. The Morgan fingerprint density at radius 2 is 2.39 bits per heavy atom. The van der Waals surface area contributed by atoms with Crippen LogP contribution in [0.15, 0.2) is 12.4 Å². The summed E-state index contributed by atoms with van der Waals surface area (Å²) >= 11 is 0. The summed E-state index contributed by atoms with van der Waals surface area (Å²) in [7, 11) is 0. The van der Waals surface area contributed by atoms with E-state index in [2.05, 4.69) is 41.8 Å². The molecule has 1 aliphatic heterocycles. The van der Waals surface area contributed by atoms with Crippen LogP contribution in [0.2, 0.25) is 0 Å². The fourth-order valence-electron chi connectivity index (χ4n) is 2.48. The Balaban J connectivity index is 1.88. The van der Waals surface area contributed by atoms with Crippen LogP contribution in [0.4, 0.5) is 0 Å². The van der Waals surface area contributed by atoms with Gasteiger partial charge in [0.2, 0.25) is 0 Å². The maximum atomic E-state index is 6.03. The molecule has 102 valence electrons. The van der Waals surface area contributed by atoms with Crippen molar-refractivity contribution in [1.29, 1.82) is 0 Å². The minimum atomic E-state index is 0.0475. The number of hydrogen-bond acceptors (Lipinski definition) is 3. The SMILES string of the molecule is CCCNCc1nccn1CC1CCC(C)(C)O1. The number of aromatic nitrogens is 2. The first-order valence-corrected chi connectivity index (χ1v) is 6.99. The second kappa shape index (κ2) is 5.85. The minimum absolute atomic E-state index is 0.0475. The summed E-state index contributed by atoms with van der Waals surface area (Å²) in [4.78, 5) is 4.41. The fourth-order valence-corrected chi connectivity index (χ4v) is 2.48. The van der Waals surface area contributed by atoms with Gasteiger partial charge in [0.25, 0.3) is 0 Å². The van der Waals surface area contributed by atoms with Gasteiger partial charge in [0, 0.05) is 12.4 Å². The molecule has 0 saturated carbocycles. The van der Waals surface area contributed by atoms with Crippen molar-refractivity contribution in [2.24, 2.45) is 0 Å². The lowest BCUT2D eigenvalue weighted by atomic mass is 10.1. The third-order valence-corrected chi connectivity index (χ3v) is 3.47. The molecule has 0 spiro atoms. The number of nitrogens with one attached hydrogen (secondary N) is 1. The van der Waals surface area contributed by atoms with E-state index in [4.69, 9.17) is 4.74 Å². The highest BCUT2D eigenvalue weighted by Crippen LogP contribution is 2.30. The number of imidazole rings is 1. The van der Waals surface area contributed by atoms with Crippen molar-refractivity contribution in [3.8, 4) is 0 Å². The first-order chi connectivity index (χ1) is 8.61. The molecular formula is C14H25N3O. The van der Waals surface area contributed by atoms with Gasteiger partial charge in [-0.1, -0.05) is 6.92 Å². The smallest absolute Gasteiger partial charge is 0.122 e. The van der Waals surface area contributed by atoms with E-state index < -0.39 is 0 Å². The molecule has 1 fully saturated rings. The molecule has 4 heteroatoms. The minimum Gasteiger partial charge on any atom is -0.370 e. The predicted octanol–water partition coefficient (Wildman–Crippen LogP) is 2.34. The molecule has 2 heterocycles. The van der Waals surface area contributed by atoms with Gasteiger partial charge in [-0.25, -0.2) is 4.98 Å². The highest BCUT2D eigenvalue weighted by molar-refractivity contribution is 4.94. The Morgan fingerprint density at radius 3 is 3.06 bits per heavy atom. The van der Waals surface area contributed by atoms with Crippen molar-refractivity contribution >= 4 is 0 Å². The van der Waals surface area contributed by atoms with E-state index >= 15 is 0 Å². The zero-order chi connectivity index (χ0) is 13.0. The Morgan fingerprint density at radius 1 is 1.56 bits per heavy atom. The summed E-state index contributed by atoms with van der Waals surface area (Å²) in [6, 6.07) is 0. The van der Waals surface area contributed by atoms with Crippen LogP contribution in [0.25, 0.3) is 0 Å². The van der Waals surface area contributed by atoms with Gasteiger partial charge in [-0.15, -0.1) is 0 Å². The van der Waals surface area contributed by atoms with Gasteiger partial charge < -0.3 is 14.6 Å². The van der Waals surface area contributed by atoms with Gasteiger partial charge in [0.05, 0.1) is 24.8 Å². The molecule has 1 N–H and O–H groups in total. The van der Waals surface area contributed by atoms with Gasteiger partial charge >= 0.3 is 0 Å². The molecule has 18 heavy (non-hydrogen) atoms. The van der Waals surface area contributed by atoms with Crippen molar-refractivity contribution in [1.82, 2.24) is 14.9 Å². The Labute approximate surface area is 110 Å². The fraction of sp³-hybridized carbons (Fsp3) is 0.786. The van der Waals surface area contributed by atoms with E-state index in [1.165, 1.54) is 0 Å². The van der Waals surface area contributed by atoms with Crippen LogP contribution in [-0.2, 0) is 17.8 Å². The normalized spacial score (nSPS) is 22.5. The van der Waals surface area contributed by atoms with Gasteiger partial charge in [0.15, 0.2) is 0 Å². The van der Waals surface area contributed by atoms with Gasteiger partial charge in [-0.2, -0.15) is 0 Å². The Kier molecular flexibility index (Phi) is 4.40. The lowest BCUT2D eigenvalue weighted by molar-refractivity contribution is -0.0220. The van der Waals surface area contributed by atoms with Crippen LogP contribution in [0.5, 0.6) is 0 Å². The third-order valence-electron chi connectivity index (χ3n) is 3.47. The third kappa shape index (κ3) is 3.56. The van der Waals surface area contributed by atoms with E-state index in [9.17, 15) is 0 Å². The molecule has 2 rings (SSSR count). The molecule has 1 aromatic heterocycles. The summed E-state index contributed by atoms with van der Waals surface area (Å²) in [5.41, 5.74) is 0.0475. The van der Waals surface area contributed by atoms with Crippen molar-refractivity contribution in [3.05, 3.63) is 18.2 Å². The lowest BCUT2D eigenvalue weighted by Crippen LogP contribution is -2.24. The number of hydrogen-bond donors (Lipinski definition) is 1. The summed E-state index contributed by atoms with van der Waals surface area (Å²) in [5.74, 6) is 1.11. The summed E-state index contributed by atoms with van der Waals surface area (Å²) < 4.78 is 8.25. The van der Waals surface area contributed by atoms with Crippen LogP contribution in [0, 0.1) is 0 Å². The number of ether oxygens (including phenoxy) is 1. The first-order valence-electron chi connectivity index (χ1n) is 6.99. The molecule has 0 radical (unpaired) electrons. The molecule has 0 amide bonds. The molecule has 1 aliphatic rings. The van der Waals surface area contributed by atoms with Crippen molar-refractivity contribution in [2.75, 3.05) is 6.54 Å². The van der Waals surface area contributed by atoms with E-state index in [-0.39, 0.29) is 5.60 Å². The van der Waals surface area contributed by atoms with Crippen LogP contribution in [-0.4, -0.2) is 27.8 Å². The molecule has 0 aliphatic carbocycles. The van der Waals surface area contributed by atoms with E-state index in [1.807, 2.05) is 6.20 Å². The quantitative estimate of drug-likeness (QED) is 0.789. The molecule has 1 aromatic rings. The second-order valence-electron chi connectivity index (χ2n) is 5.71. The Hall–Kier alpha value is -0.870. The summed E-state index contributed by atoms with van der Waals surface area (Å²) in [6.07, 6.45) is 7.71. The van der Waals surface area contributed by atoms with Crippen LogP contribution >= 0.6 is 0 Å². The zero-order valence-corrected chi connectivity index (χ0v) is 11.8. The molecule has 4 nitrogen and oxygen atoms in total. The van der Waals surface area contributed by atoms with Gasteiger partial charge in [-0.3, -0.25) is 0 Å². The monoisotopic (exact) mass is 251 g/mol. The number of nitrogens with zero attached hydrogens (tertiary/aromatic N) is 2. The lowest BCUT2D eigenvalue weighted by Gasteiger charge is -2.20. The van der Waals surface area contributed by atoms with Crippen LogP contribution in [0.3, 0.4) is 0 Å². The molecule has 0 bridgehead atoms. The highest BCUT2D eigenvalue weighted by atomic mass is 16.5. The van der Waals surface area contributed by atoms with Crippen molar-refractivity contribution < 1.29 is 4.74 Å². The average molecular weight is 251 g/mol. The topological polar surface area (TPSA) is 39.1 Å². The average Bonchev–Trinajstić information content (AvgIpc) is 2.87. The molecule has 1 saturated heterocycles. The van der Waals surface area contributed by atoms with E-state index in [0.29, 0.717) is 6.10 Å². The molecule has 1 unspecified atom stereocenters. The standard InChI is InChI=1S/C14H25N3O/c1-4-7-15-10-13-16-8-9-17(13)11-12-5-6-14(2,3)18-12/h8-9,12,15H,4-7,10-11H2,1-3H3. The maximum absolute atomic E-state index is 6.03. The second-order valence-corrected chi connectivity index (χ2v) is 5.71. The van der Waals surface area contributed by atoms with Crippen LogP contribution < -0.4 is 5.32 Å². The molecule has 0 aromatic carbocycles. The van der Waals surface area contributed by atoms with Crippen molar-refractivity contribution in [2.45, 2.75) is 64.8 Å². The molecule has 1 atom stereocenters. The summed E-state index contributed by atoms with van der Waals surface area (Å²) in [6.45, 7) is 9.33. The summed E-state index contributed by atoms with van der Waals surface area (Å²) in [5, 5.41) is 3.39. The highest BCUT2D eigenvalue weighted by Gasteiger charge is 2.31. The van der Waals surface area contributed by atoms with E-state index in [0.717, 1.165) is 44.7 Å². The van der Waals surface area contributed by atoms with Crippen molar-refractivity contribution in [3.63, 3.8) is 0 Å². The largest absolute Gasteiger partial charge is 0.370 e. The maximum Gasteiger partial charge on any atom is 0.122 e. The van der Waals surface area contributed by atoms with Gasteiger partial charge in [-0.05, 0) is 39.7 Å². The Bertz CT molecular complexity index is 373. The number of rotatable bonds is 6.